The molecule has 0 radical (unpaired) electrons. The predicted octanol–water partition coefficient (Wildman–Crippen LogP) is 4.59. The Balaban J connectivity index is 3.47. The van der Waals surface area contributed by atoms with Crippen LogP contribution in [0.5, 0.6) is 0 Å². The van der Waals surface area contributed by atoms with Gasteiger partial charge in [-0.2, -0.15) is 0 Å². The normalized spacial score (nSPS) is 13.7. The molecule has 0 aromatic rings. The second kappa shape index (κ2) is 18.8. The van der Waals surface area contributed by atoms with E-state index < -0.39 is 26.5 Å². The first-order chi connectivity index (χ1) is 13.8. The third-order valence-corrected chi connectivity index (χ3v) is 4.39. The molecule has 0 saturated heterocycles. The molecule has 0 fully saturated rings. The van der Waals surface area contributed by atoms with Gasteiger partial charge in [-0.05, 0) is 38.5 Å². The number of carbonyl (C=O) groups is 1. The fraction of sp³-hybridized carbons (Fsp3) is 0.667. The highest BCUT2D eigenvalue weighted by Gasteiger charge is 2.17. The minimum atomic E-state index is -4.62. The van der Waals surface area contributed by atoms with Crippen molar-refractivity contribution in [2.45, 2.75) is 77.2 Å². The van der Waals surface area contributed by atoms with Gasteiger partial charge in [0.1, 0.15) is 12.7 Å². The van der Waals surface area contributed by atoms with E-state index in [-0.39, 0.29) is 13.0 Å². The van der Waals surface area contributed by atoms with Crippen molar-refractivity contribution in [1.82, 2.24) is 0 Å². The molecule has 168 valence electrons. The molecule has 0 amide bonds. The van der Waals surface area contributed by atoms with Gasteiger partial charge in [-0.1, -0.05) is 62.6 Å². The molecule has 0 aliphatic carbocycles. The van der Waals surface area contributed by atoms with Crippen LogP contribution in [0.25, 0.3) is 0 Å². The molecule has 3 N–H and O–H groups in total. The maximum atomic E-state index is 11.5. The van der Waals surface area contributed by atoms with E-state index in [0.717, 1.165) is 57.8 Å². The van der Waals surface area contributed by atoms with Crippen LogP contribution in [0.2, 0.25) is 0 Å². The highest BCUT2D eigenvalue weighted by molar-refractivity contribution is 7.46. The number of phosphoric ester groups is 1. The van der Waals surface area contributed by atoms with Gasteiger partial charge in [-0.3, -0.25) is 9.32 Å². The van der Waals surface area contributed by atoms with Crippen LogP contribution >= 0.6 is 7.82 Å². The summed E-state index contributed by atoms with van der Waals surface area (Å²) in [7, 11) is -4.62. The number of aliphatic hydroxyl groups excluding tert-OH is 1. The van der Waals surface area contributed by atoms with Gasteiger partial charge < -0.3 is 19.6 Å². The molecule has 0 aromatic heterocycles. The predicted molar refractivity (Wildman–Crippen MR) is 114 cm³/mol. The molecular weight excluding hydrogens is 395 g/mol. The molecule has 0 aliphatic heterocycles. The Morgan fingerprint density at radius 3 is 2.14 bits per heavy atom. The van der Waals surface area contributed by atoms with Gasteiger partial charge in [-0.25, -0.2) is 4.57 Å². The van der Waals surface area contributed by atoms with Crippen LogP contribution in [0.4, 0.5) is 0 Å². The number of esters is 1. The third-order valence-electron chi connectivity index (χ3n) is 3.90. The molecule has 0 rings (SSSR count). The topological polar surface area (TPSA) is 113 Å². The summed E-state index contributed by atoms with van der Waals surface area (Å²) in [6.45, 7) is 1.21. The maximum Gasteiger partial charge on any atom is 0.469 e. The molecular formula is C21H37O7P. The summed E-state index contributed by atoms with van der Waals surface area (Å²) in [4.78, 5) is 28.6. The molecule has 29 heavy (non-hydrogen) atoms. The van der Waals surface area contributed by atoms with Crippen LogP contribution in [0.1, 0.15) is 71.1 Å². The van der Waals surface area contributed by atoms with Gasteiger partial charge >= 0.3 is 13.8 Å². The first kappa shape index (κ1) is 27.8. The van der Waals surface area contributed by atoms with E-state index in [1.807, 2.05) is 0 Å². The average molecular weight is 432 g/mol. The summed E-state index contributed by atoms with van der Waals surface area (Å²) in [6.07, 6.45) is 21.2. The minimum Gasteiger partial charge on any atom is -0.463 e. The van der Waals surface area contributed by atoms with Crippen molar-refractivity contribution in [3.05, 3.63) is 36.5 Å². The minimum absolute atomic E-state index is 0.270. The zero-order valence-corrected chi connectivity index (χ0v) is 18.3. The highest BCUT2D eigenvalue weighted by Crippen LogP contribution is 2.35. The van der Waals surface area contributed by atoms with Gasteiger partial charge in [-0.15, -0.1) is 0 Å². The molecule has 1 unspecified atom stereocenters. The monoisotopic (exact) mass is 432 g/mol. The Morgan fingerprint density at radius 2 is 1.48 bits per heavy atom. The van der Waals surface area contributed by atoms with Crippen LogP contribution in [0.15, 0.2) is 36.5 Å². The van der Waals surface area contributed by atoms with Crippen molar-refractivity contribution < 1.29 is 33.5 Å². The SMILES string of the molecule is CC/C=C\C/C=C\C/C=C\CCCCCCCC(=O)OCC(O)COP(=O)(O)O. The van der Waals surface area contributed by atoms with Gasteiger partial charge in [0.05, 0.1) is 6.61 Å². The zero-order chi connectivity index (χ0) is 21.8. The van der Waals surface area contributed by atoms with Gasteiger partial charge in [0.15, 0.2) is 0 Å². The first-order valence-electron chi connectivity index (χ1n) is 10.3. The number of ether oxygens (including phenoxy) is 1. The van der Waals surface area contributed by atoms with Gasteiger partial charge in [0, 0.05) is 6.42 Å². The third kappa shape index (κ3) is 22.9. The molecule has 8 heteroatoms. The van der Waals surface area contributed by atoms with E-state index in [1.165, 1.54) is 0 Å². The molecule has 7 nitrogen and oxygen atoms in total. The molecule has 0 saturated carbocycles. The number of phosphoric acid groups is 1. The lowest BCUT2D eigenvalue weighted by molar-refractivity contribution is -0.147. The fourth-order valence-electron chi connectivity index (χ4n) is 2.38. The van der Waals surface area contributed by atoms with Gasteiger partial charge in [0.25, 0.3) is 0 Å². The molecule has 0 aliphatic rings. The number of aliphatic hydroxyl groups is 1. The van der Waals surface area contributed by atoms with Crippen LogP contribution < -0.4 is 0 Å². The second-order valence-electron chi connectivity index (χ2n) is 6.72. The number of hydrogen-bond donors (Lipinski definition) is 3. The van der Waals surface area contributed by atoms with Crippen molar-refractivity contribution in [2.24, 2.45) is 0 Å². The van der Waals surface area contributed by atoms with E-state index in [2.05, 4.69) is 47.9 Å². The van der Waals surface area contributed by atoms with E-state index in [4.69, 9.17) is 14.5 Å². The maximum absolute atomic E-state index is 11.5. The fourth-order valence-corrected chi connectivity index (χ4v) is 2.75. The van der Waals surface area contributed by atoms with Gasteiger partial charge in [0.2, 0.25) is 0 Å². The smallest absolute Gasteiger partial charge is 0.463 e. The van der Waals surface area contributed by atoms with Crippen LogP contribution in [-0.2, 0) is 18.6 Å². The summed E-state index contributed by atoms with van der Waals surface area (Å²) in [5.41, 5.74) is 0. The summed E-state index contributed by atoms with van der Waals surface area (Å²) < 4.78 is 19.5. The molecule has 0 heterocycles. The molecule has 0 spiro atoms. The summed E-state index contributed by atoms with van der Waals surface area (Å²) in [5, 5.41) is 9.41. The number of allylic oxidation sites excluding steroid dienone is 6. The molecule has 1 atom stereocenters. The number of carbonyl (C=O) groups excluding carboxylic acids is 1. The lowest BCUT2D eigenvalue weighted by Crippen LogP contribution is -2.23. The zero-order valence-electron chi connectivity index (χ0n) is 17.4. The average Bonchev–Trinajstić information content (AvgIpc) is 2.67. The van der Waals surface area contributed by atoms with Crippen molar-refractivity contribution in [3.63, 3.8) is 0 Å². The van der Waals surface area contributed by atoms with Crippen molar-refractivity contribution in [1.29, 1.82) is 0 Å². The summed E-state index contributed by atoms with van der Waals surface area (Å²) in [6, 6.07) is 0. The lowest BCUT2D eigenvalue weighted by Gasteiger charge is -2.12. The summed E-state index contributed by atoms with van der Waals surface area (Å²) in [5.74, 6) is -0.429. The Labute approximate surface area is 174 Å². The Kier molecular flexibility index (Phi) is 18.0. The Bertz CT molecular complexity index is 537. The van der Waals surface area contributed by atoms with Crippen molar-refractivity contribution in [2.75, 3.05) is 13.2 Å². The molecule has 0 aromatic carbocycles. The van der Waals surface area contributed by atoms with E-state index in [9.17, 15) is 14.5 Å². The van der Waals surface area contributed by atoms with E-state index in [1.54, 1.807) is 0 Å². The number of hydrogen-bond acceptors (Lipinski definition) is 5. The van der Waals surface area contributed by atoms with E-state index in [0.29, 0.717) is 0 Å². The molecule has 0 bridgehead atoms. The number of rotatable bonds is 18. The van der Waals surface area contributed by atoms with Crippen LogP contribution in [0.3, 0.4) is 0 Å². The largest absolute Gasteiger partial charge is 0.469 e. The van der Waals surface area contributed by atoms with E-state index >= 15 is 0 Å². The van der Waals surface area contributed by atoms with Crippen molar-refractivity contribution in [3.8, 4) is 0 Å². The Hall–Kier alpha value is -1.24. The highest BCUT2D eigenvalue weighted by atomic mass is 31.2. The van der Waals surface area contributed by atoms with Crippen LogP contribution in [0, 0.1) is 0 Å². The second-order valence-corrected chi connectivity index (χ2v) is 7.96. The quantitative estimate of drug-likeness (QED) is 0.126. The lowest BCUT2D eigenvalue weighted by atomic mass is 10.1. The Morgan fingerprint density at radius 1 is 0.897 bits per heavy atom. The first-order valence-corrected chi connectivity index (χ1v) is 11.9. The van der Waals surface area contributed by atoms with Crippen molar-refractivity contribution >= 4 is 13.8 Å². The number of unbranched alkanes of at least 4 members (excludes halogenated alkanes) is 5. The standard InChI is InChI=1S/C21H37O7P/c1-2-3-4-5-6-7-8-9-10-11-12-13-14-15-16-17-21(23)27-18-20(22)19-28-29(24,25)26/h3-4,6-7,9-10,20,22H,2,5,8,11-19H2,1H3,(H2,24,25,26)/b4-3-,7-6-,10-9-. The van der Waals surface area contributed by atoms with Crippen LogP contribution in [-0.4, -0.2) is 40.2 Å². The summed E-state index contributed by atoms with van der Waals surface area (Å²) >= 11 is 0.